The highest BCUT2D eigenvalue weighted by Gasteiger charge is 2.54. The zero-order chi connectivity index (χ0) is 8.82. The lowest BCUT2D eigenvalue weighted by Crippen LogP contribution is -2.33. The molecule has 3 nitrogen and oxygen atoms in total. The number of primary sulfonamides is 1. The Balaban J connectivity index is 2.02. The SMILES string of the molecule is NS(=O)(=O)C1(CC2CCC2)CC1. The Kier molecular flexibility index (Phi) is 1.74. The Morgan fingerprint density at radius 3 is 2.17 bits per heavy atom. The van der Waals surface area contributed by atoms with Gasteiger partial charge in [-0.15, -0.1) is 0 Å². The summed E-state index contributed by atoms with van der Waals surface area (Å²) in [4.78, 5) is 0. The lowest BCUT2D eigenvalue weighted by atomic mass is 9.81. The minimum Gasteiger partial charge on any atom is -0.228 e. The van der Waals surface area contributed by atoms with Crippen LogP contribution in [0.2, 0.25) is 0 Å². The van der Waals surface area contributed by atoms with Crippen molar-refractivity contribution < 1.29 is 8.42 Å². The average molecular weight is 189 g/mol. The van der Waals surface area contributed by atoms with Crippen molar-refractivity contribution >= 4 is 10.0 Å². The lowest BCUT2D eigenvalue weighted by Gasteiger charge is -2.28. The molecule has 2 aliphatic rings. The highest BCUT2D eigenvalue weighted by Crippen LogP contribution is 2.50. The van der Waals surface area contributed by atoms with Crippen molar-refractivity contribution in [2.24, 2.45) is 11.1 Å². The van der Waals surface area contributed by atoms with Gasteiger partial charge in [-0.3, -0.25) is 0 Å². The van der Waals surface area contributed by atoms with Crippen molar-refractivity contribution in [3.05, 3.63) is 0 Å². The van der Waals surface area contributed by atoms with Crippen molar-refractivity contribution in [2.45, 2.75) is 43.3 Å². The number of rotatable bonds is 3. The molecule has 2 aliphatic carbocycles. The van der Waals surface area contributed by atoms with Gasteiger partial charge >= 0.3 is 0 Å². The maximum atomic E-state index is 11.2. The van der Waals surface area contributed by atoms with Crippen LogP contribution in [0.25, 0.3) is 0 Å². The average Bonchev–Trinajstić information content (AvgIpc) is 2.56. The molecule has 0 unspecified atom stereocenters. The van der Waals surface area contributed by atoms with E-state index in [-0.39, 0.29) is 0 Å². The second-order valence-corrected chi connectivity index (χ2v) is 6.19. The van der Waals surface area contributed by atoms with Crippen LogP contribution in [-0.2, 0) is 10.0 Å². The molecule has 0 amide bonds. The second kappa shape index (κ2) is 2.45. The van der Waals surface area contributed by atoms with Gasteiger partial charge in [-0.25, -0.2) is 13.6 Å². The topological polar surface area (TPSA) is 60.2 Å². The van der Waals surface area contributed by atoms with Crippen LogP contribution in [-0.4, -0.2) is 13.2 Å². The summed E-state index contributed by atoms with van der Waals surface area (Å²) in [7, 11) is -3.26. The van der Waals surface area contributed by atoms with Gasteiger partial charge in [-0.05, 0) is 25.2 Å². The van der Waals surface area contributed by atoms with Crippen molar-refractivity contribution in [3.8, 4) is 0 Å². The molecule has 0 atom stereocenters. The molecular formula is C8H15NO2S. The van der Waals surface area contributed by atoms with Gasteiger partial charge in [0.15, 0.2) is 0 Å². The summed E-state index contributed by atoms with van der Waals surface area (Å²) >= 11 is 0. The van der Waals surface area contributed by atoms with Gasteiger partial charge in [-0.2, -0.15) is 0 Å². The highest BCUT2D eigenvalue weighted by atomic mass is 32.2. The van der Waals surface area contributed by atoms with Crippen molar-refractivity contribution in [1.82, 2.24) is 0 Å². The van der Waals surface area contributed by atoms with Crippen LogP contribution in [0, 0.1) is 5.92 Å². The third kappa shape index (κ3) is 1.27. The normalized spacial score (nSPS) is 28.1. The van der Waals surface area contributed by atoms with Crippen LogP contribution in [0.4, 0.5) is 0 Å². The fourth-order valence-electron chi connectivity index (χ4n) is 1.97. The molecule has 70 valence electrons. The third-order valence-corrected chi connectivity index (χ3v) is 5.08. The summed E-state index contributed by atoms with van der Waals surface area (Å²) in [6.45, 7) is 0. The molecule has 4 heteroatoms. The molecule has 0 aromatic heterocycles. The Labute approximate surface area is 73.4 Å². The molecule has 2 saturated carbocycles. The lowest BCUT2D eigenvalue weighted by molar-refractivity contribution is 0.287. The fraction of sp³-hybridized carbons (Fsp3) is 1.00. The van der Waals surface area contributed by atoms with Crippen LogP contribution in [0.15, 0.2) is 0 Å². The molecule has 0 heterocycles. The second-order valence-electron chi connectivity index (χ2n) is 4.23. The van der Waals surface area contributed by atoms with E-state index in [1.54, 1.807) is 0 Å². The van der Waals surface area contributed by atoms with Crippen molar-refractivity contribution in [1.29, 1.82) is 0 Å². The van der Waals surface area contributed by atoms with Crippen LogP contribution in [0.5, 0.6) is 0 Å². The molecule has 0 bridgehead atoms. The Hall–Kier alpha value is -0.0900. The number of hydrogen-bond acceptors (Lipinski definition) is 2. The fourth-order valence-corrected chi connectivity index (χ4v) is 3.11. The number of nitrogens with two attached hydrogens (primary N) is 1. The van der Waals surface area contributed by atoms with Gasteiger partial charge in [0.05, 0.1) is 4.75 Å². The highest BCUT2D eigenvalue weighted by molar-refractivity contribution is 7.90. The van der Waals surface area contributed by atoms with Gasteiger partial charge in [0.1, 0.15) is 0 Å². The first-order chi connectivity index (χ1) is 5.54. The summed E-state index contributed by atoms with van der Waals surface area (Å²) in [5.74, 6) is 0.644. The van der Waals surface area contributed by atoms with Crippen LogP contribution >= 0.6 is 0 Å². The molecular weight excluding hydrogens is 174 g/mol. The summed E-state index contributed by atoms with van der Waals surface area (Å²) in [6, 6.07) is 0. The van der Waals surface area contributed by atoms with E-state index in [4.69, 9.17) is 5.14 Å². The van der Waals surface area contributed by atoms with E-state index in [2.05, 4.69) is 0 Å². The Morgan fingerprint density at radius 1 is 1.33 bits per heavy atom. The van der Waals surface area contributed by atoms with E-state index in [9.17, 15) is 8.42 Å². The maximum Gasteiger partial charge on any atom is 0.214 e. The summed E-state index contributed by atoms with van der Waals surface area (Å²) in [5.41, 5.74) is 0. The van der Waals surface area contributed by atoms with E-state index >= 15 is 0 Å². The molecule has 2 fully saturated rings. The predicted octanol–water partition coefficient (Wildman–Crippen LogP) is 0.998. The number of sulfonamides is 1. The quantitative estimate of drug-likeness (QED) is 0.720. The van der Waals surface area contributed by atoms with Crippen molar-refractivity contribution in [3.63, 3.8) is 0 Å². The molecule has 0 radical (unpaired) electrons. The van der Waals surface area contributed by atoms with E-state index in [1.807, 2.05) is 0 Å². The van der Waals surface area contributed by atoms with Crippen LogP contribution in [0.3, 0.4) is 0 Å². The molecule has 0 saturated heterocycles. The standard InChI is InChI=1S/C8H15NO2S/c9-12(10,11)8(4-5-8)6-7-2-1-3-7/h7H,1-6H2,(H2,9,10,11). The van der Waals surface area contributed by atoms with Gasteiger partial charge in [0, 0.05) is 0 Å². The third-order valence-electron chi connectivity index (χ3n) is 3.30. The first-order valence-corrected chi connectivity index (χ1v) is 6.10. The van der Waals surface area contributed by atoms with Gasteiger partial charge in [0.25, 0.3) is 0 Å². The van der Waals surface area contributed by atoms with Gasteiger partial charge in [-0.1, -0.05) is 19.3 Å². The zero-order valence-corrected chi connectivity index (χ0v) is 7.94. The summed E-state index contributed by atoms with van der Waals surface area (Å²) in [5, 5.41) is 5.18. The molecule has 0 aliphatic heterocycles. The zero-order valence-electron chi connectivity index (χ0n) is 7.12. The Morgan fingerprint density at radius 2 is 1.92 bits per heavy atom. The summed E-state index contributed by atoms with van der Waals surface area (Å²) < 4.78 is 21.8. The largest absolute Gasteiger partial charge is 0.228 e. The minimum absolute atomic E-state index is 0.488. The van der Waals surface area contributed by atoms with E-state index in [0.717, 1.165) is 19.3 Å². The maximum absolute atomic E-state index is 11.2. The van der Waals surface area contributed by atoms with Gasteiger partial charge in [0.2, 0.25) is 10.0 Å². The molecule has 0 spiro atoms. The van der Waals surface area contributed by atoms with Crippen LogP contribution < -0.4 is 5.14 Å². The molecule has 2 N–H and O–H groups in total. The molecule has 12 heavy (non-hydrogen) atoms. The predicted molar refractivity (Wildman–Crippen MR) is 47.0 cm³/mol. The van der Waals surface area contributed by atoms with Crippen molar-refractivity contribution in [2.75, 3.05) is 0 Å². The van der Waals surface area contributed by atoms with Gasteiger partial charge < -0.3 is 0 Å². The monoisotopic (exact) mass is 189 g/mol. The molecule has 0 aromatic carbocycles. The smallest absolute Gasteiger partial charge is 0.214 e. The molecule has 2 rings (SSSR count). The van der Waals surface area contributed by atoms with Crippen LogP contribution in [0.1, 0.15) is 38.5 Å². The molecule has 0 aromatic rings. The van der Waals surface area contributed by atoms with E-state index in [1.165, 1.54) is 19.3 Å². The minimum atomic E-state index is -3.26. The number of hydrogen-bond donors (Lipinski definition) is 1. The summed E-state index contributed by atoms with van der Waals surface area (Å²) in [6.07, 6.45) is 6.09. The van der Waals surface area contributed by atoms with E-state index < -0.39 is 14.8 Å². The first kappa shape index (κ1) is 8.51. The first-order valence-electron chi connectivity index (χ1n) is 4.56. The van der Waals surface area contributed by atoms with E-state index in [0.29, 0.717) is 5.92 Å². The Bertz CT molecular complexity index is 275.